The van der Waals surface area contributed by atoms with Crippen molar-refractivity contribution in [2.75, 3.05) is 5.73 Å². The molecule has 2 aromatic heterocycles. The highest BCUT2D eigenvalue weighted by Crippen LogP contribution is 2.32. The number of nitrogens with zero attached hydrogens (tertiary/aromatic N) is 1. The Morgan fingerprint density at radius 1 is 1.41 bits per heavy atom. The summed E-state index contributed by atoms with van der Waals surface area (Å²) in [5, 5.41) is 5.70. The minimum absolute atomic E-state index is 0.306. The van der Waals surface area contributed by atoms with Gasteiger partial charge in [0, 0.05) is 28.2 Å². The van der Waals surface area contributed by atoms with Crippen molar-refractivity contribution in [3.05, 3.63) is 35.0 Å². The molecule has 17 heavy (non-hydrogen) atoms. The summed E-state index contributed by atoms with van der Waals surface area (Å²) in [5.41, 5.74) is 9.23. The van der Waals surface area contributed by atoms with Crippen LogP contribution in [0.15, 0.2) is 28.9 Å². The Morgan fingerprint density at radius 3 is 2.94 bits per heavy atom. The Kier molecular flexibility index (Phi) is 2.12. The van der Waals surface area contributed by atoms with Gasteiger partial charge in [0.25, 0.3) is 0 Å². The van der Waals surface area contributed by atoms with E-state index < -0.39 is 0 Å². The summed E-state index contributed by atoms with van der Waals surface area (Å²) < 4.78 is 4.88. The van der Waals surface area contributed by atoms with Crippen LogP contribution in [0.1, 0.15) is 5.56 Å². The summed E-state index contributed by atoms with van der Waals surface area (Å²) >= 11 is 6.07. The van der Waals surface area contributed by atoms with Crippen LogP contribution in [0.5, 0.6) is 0 Å². The highest BCUT2D eigenvalue weighted by molar-refractivity contribution is 6.32. The zero-order valence-electron chi connectivity index (χ0n) is 9.12. The zero-order chi connectivity index (χ0) is 12.0. The SMILES string of the molecule is Cc1c(Cl)ccc2c(-c3cc(N)on3)c[nH]c12. The fraction of sp³-hybridized carbons (Fsp3) is 0.0833. The lowest BCUT2D eigenvalue weighted by Crippen LogP contribution is -1.79. The number of benzene rings is 1. The second-order valence-corrected chi connectivity index (χ2v) is 4.32. The monoisotopic (exact) mass is 247 g/mol. The minimum Gasteiger partial charge on any atom is -0.368 e. The zero-order valence-corrected chi connectivity index (χ0v) is 9.88. The first-order valence-corrected chi connectivity index (χ1v) is 5.53. The fourth-order valence-electron chi connectivity index (χ4n) is 1.95. The van der Waals surface area contributed by atoms with Crippen molar-refractivity contribution in [1.29, 1.82) is 0 Å². The quantitative estimate of drug-likeness (QED) is 0.693. The molecular weight excluding hydrogens is 238 g/mol. The first kappa shape index (κ1) is 10.2. The first-order chi connectivity index (χ1) is 8.16. The molecule has 0 aliphatic heterocycles. The van der Waals surface area contributed by atoms with Gasteiger partial charge in [-0.2, -0.15) is 0 Å². The molecule has 0 aliphatic rings. The van der Waals surface area contributed by atoms with Crippen molar-refractivity contribution < 1.29 is 4.52 Å². The Balaban J connectivity index is 2.29. The average molecular weight is 248 g/mol. The van der Waals surface area contributed by atoms with Crippen molar-refractivity contribution in [2.45, 2.75) is 6.92 Å². The maximum Gasteiger partial charge on any atom is 0.222 e. The van der Waals surface area contributed by atoms with Crippen LogP contribution in [-0.4, -0.2) is 10.1 Å². The van der Waals surface area contributed by atoms with E-state index in [0.717, 1.165) is 32.7 Å². The largest absolute Gasteiger partial charge is 0.368 e. The van der Waals surface area contributed by atoms with Crippen molar-refractivity contribution >= 4 is 28.4 Å². The molecule has 0 saturated carbocycles. The summed E-state index contributed by atoms with van der Waals surface area (Å²) in [6.45, 7) is 1.97. The van der Waals surface area contributed by atoms with Gasteiger partial charge in [0.2, 0.25) is 5.88 Å². The number of nitrogens with one attached hydrogen (secondary N) is 1. The van der Waals surface area contributed by atoms with E-state index in [2.05, 4.69) is 10.1 Å². The molecular formula is C12H10ClN3O. The standard InChI is InChI=1S/C12H10ClN3O/c1-6-9(13)3-2-7-8(5-15-12(6)7)10-4-11(14)17-16-10/h2-5,15H,14H2,1H3. The van der Waals surface area contributed by atoms with Crippen LogP contribution in [-0.2, 0) is 0 Å². The van der Waals surface area contributed by atoms with Crippen LogP contribution in [0, 0.1) is 6.92 Å². The summed E-state index contributed by atoms with van der Waals surface area (Å²) in [7, 11) is 0. The van der Waals surface area contributed by atoms with E-state index in [0.29, 0.717) is 5.88 Å². The normalized spacial score (nSPS) is 11.2. The third kappa shape index (κ3) is 1.49. The molecule has 2 heterocycles. The van der Waals surface area contributed by atoms with Gasteiger partial charge in [-0.25, -0.2) is 0 Å². The summed E-state index contributed by atoms with van der Waals surface area (Å²) in [6.07, 6.45) is 1.88. The van der Waals surface area contributed by atoms with Crippen molar-refractivity contribution in [3.8, 4) is 11.3 Å². The van der Waals surface area contributed by atoms with Gasteiger partial charge in [0.15, 0.2) is 0 Å². The molecule has 0 radical (unpaired) electrons. The number of fused-ring (bicyclic) bond motifs is 1. The maximum absolute atomic E-state index is 6.07. The van der Waals surface area contributed by atoms with Gasteiger partial charge >= 0.3 is 0 Å². The van der Waals surface area contributed by atoms with Gasteiger partial charge < -0.3 is 15.2 Å². The summed E-state index contributed by atoms with van der Waals surface area (Å²) in [6, 6.07) is 5.54. The van der Waals surface area contributed by atoms with Gasteiger partial charge in [0.1, 0.15) is 5.69 Å². The van der Waals surface area contributed by atoms with E-state index >= 15 is 0 Å². The lowest BCUT2D eigenvalue weighted by atomic mass is 10.1. The van der Waals surface area contributed by atoms with Gasteiger partial charge in [-0.05, 0) is 18.6 Å². The second-order valence-electron chi connectivity index (χ2n) is 3.91. The fourth-order valence-corrected chi connectivity index (χ4v) is 2.10. The van der Waals surface area contributed by atoms with Crippen molar-refractivity contribution in [2.24, 2.45) is 0 Å². The van der Waals surface area contributed by atoms with E-state index in [4.69, 9.17) is 21.9 Å². The molecule has 3 aromatic rings. The topological polar surface area (TPSA) is 67.8 Å². The summed E-state index contributed by atoms with van der Waals surface area (Å²) in [5.74, 6) is 0.306. The number of hydrogen-bond acceptors (Lipinski definition) is 3. The maximum atomic E-state index is 6.07. The van der Waals surface area contributed by atoms with Gasteiger partial charge in [-0.3, -0.25) is 0 Å². The number of nitrogens with two attached hydrogens (primary N) is 1. The number of hydrogen-bond donors (Lipinski definition) is 2. The van der Waals surface area contributed by atoms with Gasteiger partial charge in [-0.1, -0.05) is 22.8 Å². The number of aromatic nitrogens is 2. The van der Waals surface area contributed by atoms with Crippen molar-refractivity contribution in [1.82, 2.24) is 10.1 Å². The van der Waals surface area contributed by atoms with Crippen LogP contribution in [0.2, 0.25) is 5.02 Å². The number of nitrogen functional groups attached to an aromatic ring is 1. The number of aromatic amines is 1. The average Bonchev–Trinajstić information content (AvgIpc) is 2.89. The second kappa shape index (κ2) is 3.53. The molecule has 0 bridgehead atoms. The molecule has 1 aromatic carbocycles. The Hall–Kier alpha value is -1.94. The van der Waals surface area contributed by atoms with E-state index in [1.54, 1.807) is 6.07 Å². The number of anilines is 1. The molecule has 86 valence electrons. The van der Waals surface area contributed by atoms with Crippen LogP contribution in [0.4, 0.5) is 5.88 Å². The van der Waals surface area contributed by atoms with E-state index in [1.807, 2.05) is 25.3 Å². The number of aryl methyl sites for hydroxylation is 1. The third-order valence-electron chi connectivity index (χ3n) is 2.85. The number of H-pyrrole nitrogens is 1. The molecule has 0 fully saturated rings. The Bertz CT molecular complexity index is 699. The lowest BCUT2D eigenvalue weighted by molar-refractivity contribution is 0.439. The van der Waals surface area contributed by atoms with Crippen LogP contribution in [0.25, 0.3) is 22.2 Å². The molecule has 3 rings (SSSR count). The molecule has 3 N–H and O–H groups in total. The van der Waals surface area contributed by atoms with Gasteiger partial charge in [0.05, 0.1) is 5.52 Å². The molecule has 4 nitrogen and oxygen atoms in total. The molecule has 0 unspecified atom stereocenters. The van der Waals surface area contributed by atoms with Crippen LogP contribution in [0.3, 0.4) is 0 Å². The van der Waals surface area contributed by atoms with Crippen LogP contribution < -0.4 is 5.73 Å². The molecule has 5 heteroatoms. The van der Waals surface area contributed by atoms with E-state index in [9.17, 15) is 0 Å². The molecule has 0 saturated heterocycles. The van der Waals surface area contributed by atoms with E-state index in [1.165, 1.54) is 0 Å². The van der Waals surface area contributed by atoms with Crippen molar-refractivity contribution in [3.63, 3.8) is 0 Å². The van der Waals surface area contributed by atoms with E-state index in [-0.39, 0.29) is 0 Å². The number of rotatable bonds is 1. The lowest BCUT2D eigenvalue weighted by Gasteiger charge is -1.99. The number of halogens is 1. The molecule has 0 atom stereocenters. The first-order valence-electron chi connectivity index (χ1n) is 5.15. The van der Waals surface area contributed by atoms with Gasteiger partial charge in [-0.15, -0.1) is 0 Å². The van der Waals surface area contributed by atoms with Crippen LogP contribution >= 0.6 is 11.6 Å². The Morgan fingerprint density at radius 2 is 2.24 bits per heavy atom. The molecule has 0 aliphatic carbocycles. The predicted molar refractivity (Wildman–Crippen MR) is 68.0 cm³/mol. The summed E-state index contributed by atoms with van der Waals surface area (Å²) in [4.78, 5) is 3.20. The third-order valence-corrected chi connectivity index (χ3v) is 3.26. The Labute approximate surface area is 102 Å². The smallest absolute Gasteiger partial charge is 0.222 e. The predicted octanol–water partition coefficient (Wildman–Crippen LogP) is 3.37. The highest BCUT2D eigenvalue weighted by Gasteiger charge is 2.12. The molecule has 0 amide bonds. The minimum atomic E-state index is 0.306. The highest BCUT2D eigenvalue weighted by atomic mass is 35.5. The molecule has 0 spiro atoms.